The zero-order chi connectivity index (χ0) is 15.0. The molecule has 0 saturated carbocycles. The molecule has 1 fully saturated rings. The highest BCUT2D eigenvalue weighted by Gasteiger charge is 2.33. The molecule has 22 heavy (non-hydrogen) atoms. The molecular formula is C15H21ClN2O3S. The lowest BCUT2D eigenvalue weighted by molar-refractivity contribution is 0.0746. The molecule has 2 heterocycles. The van der Waals surface area contributed by atoms with Crippen LogP contribution in [-0.2, 0) is 16.3 Å². The molecule has 2 aliphatic rings. The molecule has 1 unspecified atom stereocenters. The number of hydrogen-bond acceptors (Lipinski definition) is 4. The van der Waals surface area contributed by atoms with Crippen LogP contribution in [0.2, 0.25) is 0 Å². The zero-order valence-electron chi connectivity index (χ0n) is 12.5. The number of anilines is 1. The second-order valence-electron chi connectivity index (χ2n) is 5.83. The van der Waals surface area contributed by atoms with E-state index in [1.165, 1.54) is 0 Å². The summed E-state index contributed by atoms with van der Waals surface area (Å²) in [5.41, 5.74) is 2.78. The molecule has 7 heteroatoms. The second kappa shape index (κ2) is 6.46. The molecule has 5 nitrogen and oxygen atoms in total. The van der Waals surface area contributed by atoms with E-state index in [9.17, 15) is 13.2 Å². The summed E-state index contributed by atoms with van der Waals surface area (Å²) in [6, 6.07) is 5.51. The van der Waals surface area contributed by atoms with Gasteiger partial charge in [0.1, 0.15) is 0 Å². The van der Waals surface area contributed by atoms with E-state index in [0.717, 1.165) is 30.6 Å². The summed E-state index contributed by atoms with van der Waals surface area (Å²) in [4.78, 5) is 14.3. The molecule has 1 saturated heterocycles. The topological polar surface area (TPSA) is 66.5 Å². The number of nitrogens with zero attached hydrogens (tertiary/aromatic N) is 1. The van der Waals surface area contributed by atoms with E-state index < -0.39 is 9.84 Å². The first-order chi connectivity index (χ1) is 9.98. The van der Waals surface area contributed by atoms with Crippen LogP contribution < -0.4 is 5.32 Å². The molecule has 0 bridgehead atoms. The van der Waals surface area contributed by atoms with Gasteiger partial charge in [-0.05, 0) is 37.0 Å². The van der Waals surface area contributed by atoms with Crippen molar-refractivity contribution in [1.82, 2.24) is 4.90 Å². The fraction of sp³-hybridized carbons (Fsp3) is 0.533. The Morgan fingerprint density at radius 3 is 2.82 bits per heavy atom. The molecule has 1 aromatic rings. The first kappa shape index (κ1) is 17.1. The van der Waals surface area contributed by atoms with E-state index >= 15 is 0 Å². The highest BCUT2D eigenvalue weighted by atomic mass is 35.5. The van der Waals surface area contributed by atoms with Gasteiger partial charge in [0, 0.05) is 30.9 Å². The molecule has 0 aliphatic carbocycles. The van der Waals surface area contributed by atoms with Gasteiger partial charge in [0.2, 0.25) is 0 Å². The second-order valence-corrected chi connectivity index (χ2v) is 8.06. The van der Waals surface area contributed by atoms with E-state index in [1.54, 1.807) is 11.9 Å². The van der Waals surface area contributed by atoms with Crippen LogP contribution in [0.25, 0.3) is 0 Å². The van der Waals surface area contributed by atoms with Crippen molar-refractivity contribution < 1.29 is 13.2 Å². The van der Waals surface area contributed by atoms with Gasteiger partial charge in [0.25, 0.3) is 5.91 Å². The standard InChI is InChI=1S/C15H20N2O3S.ClH/c1-17(11-7-9-21(19,20)10-11)15(18)13-4-2-6-14-12(13)5-3-8-16-14;/h2,4,6,11,16H,3,5,7-10H2,1H3;1H. The van der Waals surface area contributed by atoms with Crippen molar-refractivity contribution in [3.05, 3.63) is 29.3 Å². The van der Waals surface area contributed by atoms with Crippen LogP contribution in [0.3, 0.4) is 0 Å². The maximum Gasteiger partial charge on any atom is 0.254 e. The maximum absolute atomic E-state index is 12.7. The van der Waals surface area contributed by atoms with Crippen molar-refractivity contribution in [3.63, 3.8) is 0 Å². The van der Waals surface area contributed by atoms with Gasteiger partial charge in [-0.1, -0.05) is 6.07 Å². The smallest absolute Gasteiger partial charge is 0.254 e. The van der Waals surface area contributed by atoms with Gasteiger partial charge >= 0.3 is 0 Å². The van der Waals surface area contributed by atoms with Crippen LogP contribution in [0.5, 0.6) is 0 Å². The van der Waals surface area contributed by atoms with Crippen LogP contribution >= 0.6 is 12.4 Å². The van der Waals surface area contributed by atoms with Crippen LogP contribution in [0.1, 0.15) is 28.8 Å². The highest BCUT2D eigenvalue weighted by molar-refractivity contribution is 7.91. The monoisotopic (exact) mass is 344 g/mol. The Balaban J connectivity index is 0.00000176. The molecule has 2 aliphatic heterocycles. The summed E-state index contributed by atoms with van der Waals surface area (Å²) in [6.45, 7) is 0.932. The van der Waals surface area contributed by atoms with E-state index in [2.05, 4.69) is 5.32 Å². The molecule has 1 atom stereocenters. The summed E-state index contributed by atoms with van der Waals surface area (Å²) in [5, 5.41) is 3.31. The molecule has 122 valence electrons. The van der Waals surface area contributed by atoms with E-state index in [1.807, 2.05) is 18.2 Å². The van der Waals surface area contributed by atoms with Crippen LogP contribution in [-0.4, -0.2) is 50.4 Å². The predicted octanol–water partition coefficient (Wildman–Crippen LogP) is 1.73. The number of rotatable bonds is 2. The summed E-state index contributed by atoms with van der Waals surface area (Å²) in [6.07, 6.45) is 2.44. The number of carbonyl (C=O) groups excluding carboxylic acids is 1. The Labute approximate surface area is 137 Å². The Hall–Kier alpha value is -1.27. The van der Waals surface area contributed by atoms with Crippen molar-refractivity contribution in [1.29, 1.82) is 0 Å². The first-order valence-corrected chi connectivity index (χ1v) is 9.13. The number of carbonyl (C=O) groups is 1. The summed E-state index contributed by atoms with van der Waals surface area (Å²) in [7, 11) is -1.27. The quantitative estimate of drug-likeness (QED) is 0.887. The van der Waals surface area contributed by atoms with Crippen molar-refractivity contribution >= 4 is 33.8 Å². The highest BCUT2D eigenvalue weighted by Crippen LogP contribution is 2.27. The van der Waals surface area contributed by atoms with Gasteiger partial charge < -0.3 is 10.2 Å². The predicted molar refractivity (Wildman–Crippen MR) is 89.7 cm³/mol. The Bertz CT molecular complexity index is 675. The molecule has 1 amide bonds. The minimum Gasteiger partial charge on any atom is -0.385 e. The molecule has 1 aromatic carbocycles. The van der Waals surface area contributed by atoms with Gasteiger partial charge in [-0.25, -0.2) is 8.42 Å². The molecule has 1 N–H and O–H groups in total. The number of halogens is 1. The Morgan fingerprint density at radius 2 is 2.14 bits per heavy atom. The summed E-state index contributed by atoms with van der Waals surface area (Å²) < 4.78 is 23.2. The average Bonchev–Trinajstić information content (AvgIpc) is 2.85. The van der Waals surface area contributed by atoms with E-state index in [0.29, 0.717) is 12.0 Å². The number of nitrogens with one attached hydrogen (secondary N) is 1. The lowest BCUT2D eigenvalue weighted by atomic mass is 9.96. The third-order valence-electron chi connectivity index (χ3n) is 4.40. The van der Waals surface area contributed by atoms with Gasteiger partial charge in [-0.2, -0.15) is 0 Å². The Kier molecular flexibility index (Phi) is 5.02. The summed E-state index contributed by atoms with van der Waals surface area (Å²) in [5.74, 6) is 0.198. The third-order valence-corrected chi connectivity index (χ3v) is 6.15. The largest absolute Gasteiger partial charge is 0.385 e. The number of sulfone groups is 1. The molecular weight excluding hydrogens is 324 g/mol. The fourth-order valence-corrected chi connectivity index (χ4v) is 4.92. The number of benzene rings is 1. The molecule has 0 spiro atoms. The van der Waals surface area contributed by atoms with Gasteiger partial charge in [0.15, 0.2) is 9.84 Å². The number of hydrogen-bond donors (Lipinski definition) is 1. The van der Waals surface area contributed by atoms with Crippen LogP contribution in [0.15, 0.2) is 18.2 Å². The van der Waals surface area contributed by atoms with Crippen LogP contribution in [0, 0.1) is 0 Å². The van der Waals surface area contributed by atoms with Crippen molar-refractivity contribution in [2.75, 3.05) is 30.4 Å². The molecule has 3 rings (SSSR count). The normalized spacial score (nSPS) is 22.1. The number of fused-ring (bicyclic) bond motifs is 1. The minimum absolute atomic E-state index is 0. The van der Waals surface area contributed by atoms with Crippen molar-refractivity contribution in [3.8, 4) is 0 Å². The maximum atomic E-state index is 12.7. The minimum atomic E-state index is -2.98. The van der Waals surface area contributed by atoms with Crippen molar-refractivity contribution in [2.45, 2.75) is 25.3 Å². The van der Waals surface area contributed by atoms with E-state index in [-0.39, 0.29) is 35.9 Å². The lowest BCUT2D eigenvalue weighted by Crippen LogP contribution is -2.38. The van der Waals surface area contributed by atoms with Gasteiger partial charge in [0.05, 0.1) is 11.5 Å². The van der Waals surface area contributed by atoms with Crippen molar-refractivity contribution in [2.24, 2.45) is 0 Å². The SMILES string of the molecule is CN(C(=O)c1cccc2c1CCCN2)C1CCS(=O)(=O)C1.Cl. The molecule has 0 radical (unpaired) electrons. The Morgan fingerprint density at radius 1 is 1.36 bits per heavy atom. The zero-order valence-corrected chi connectivity index (χ0v) is 14.2. The fourth-order valence-electron chi connectivity index (χ4n) is 3.15. The average molecular weight is 345 g/mol. The molecule has 0 aromatic heterocycles. The van der Waals surface area contributed by atoms with E-state index in [4.69, 9.17) is 0 Å². The number of amides is 1. The summed E-state index contributed by atoms with van der Waals surface area (Å²) >= 11 is 0. The van der Waals surface area contributed by atoms with Crippen LogP contribution in [0.4, 0.5) is 5.69 Å². The van der Waals surface area contributed by atoms with Gasteiger partial charge in [-0.15, -0.1) is 12.4 Å². The first-order valence-electron chi connectivity index (χ1n) is 7.31. The van der Waals surface area contributed by atoms with Gasteiger partial charge in [-0.3, -0.25) is 4.79 Å². The lowest BCUT2D eigenvalue weighted by Gasteiger charge is -2.26. The third kappa shape index (κ3) is 3.22.